The lowest BCUT2D eigenvalue weighted by atomic mass is 9.77. The minimum Gasteiger partial charge on any atom is -0.478 e. The Morgan fingerprint density at radius 1 is 1.29 bits per heavy atom. The summed E-state index contributed by atoms with van der Waals surface area (Å²) in [4.78, 5) is 13.3. The second kappa shape index (κ2) is 5.96. The zero-order chi connectivity index (χ0) is 15.6. The lowest BCUT2D eigenvalue weighted by molar-refractivity contribution is 0.0697. The molecule has 21 heavy (non-hydrogen) atoms. The Morgan fingerprint density at radius 3 is 2.57 bits per heavy atom. The van der Waals surface area contributed by atoms with Gasteiger partial charge in [0.05, 0.1) is 16.9 Å². The molecule has 0 saturated carbocycles. The van der Waals surface area contributed by atoms with Crippen LogP contribution < -0.4 is 10.6 Å². The first kappa shape index (κ1) is 15.7. The molecule has 0 amide bonds. The van der Waals surface area contributed by atoms with E-state index in [0.717, 1.165) is 37.5 Å². The number of carbonyl (C=O) groups is 1. The predicted octanol–water partition coefficient (Wildman–Crippen LogP) is 3.62. The molecule has 0 aliphatic carbocycles. The van der Waals surface area contributed by atoms with E-state index in [1.807, 2.05) is 6.07 Å². The zero-order valence-electron chi connectivity index (χ0n) is 13.2. The van der Waals surface area contributed by atoms with Crippen LogP contribution in [0.3, 0.4) is 0 Å². The fourth-order valence-electron chi connectivity index (χ4n) is 3.18. The maximum Gasteiger partial charge on any atom is 0.335 e. The summed E-state index contributed by atoms with van der Waals surface area (Å²) in [5.41, 5.74) is 8.17. The Labute approximate surface area is 126 Å². The van der Waals surface area contributed by atoms with Gasteiger partial charge in [-0.25, -0.2) is 4.79 Å². The number of aromatic carboxylic acids is 1. The van der Waals surface area contributed by atoms with Crippen molar-refractivity contribution in [3.8, 4) is 0 Å². The molecule has 1 aliphatic rings. The zero-order valence-corrected chi connectivity index (χ0v) is 13.2. The van der Waals surface area contributed by atoms with Crippen molar-refractivity contribution >= 4 is 17.3 Å². The van der Waals surface area contributed by atoms with E-state index in [2.05, 4.69) is 25.7 Å². The van der Waals surface area contributed by atoms with Gasteiger partial charge in [0.1, 0.15) is 0 Å². The minimum absolute atomic E-state index is 0.249. The van der Waals surface area contributed by atoms with Gasteiger partial charge >= 0.3 is 5.97 Å². The fourth-order valence-corrected chi connectivity index (χ4v) is 3.18. The predicted molar refractivity (Wildman–Crippen MR) is 86.8 cm³/mol. The Hall–Kier alpha value is -1.71. The van der Waals surface area contributed by atoms with Crippen molar-refractivity contribution in [2.24, 2.45) is 11.3 Å². The van der Waals surface area contributed by atoms with E-state index < -0.39 is 5.97 Å². The summed E-state index contributed by atoms with van der Waals surface area (Å²) in [7, 11) is 0. The molecule has 1 unspecified atom stereocenters. The molecule has 4 nitrogen and oxygen atoms in total. The maximum atomic E-state index is 11.0. The number of rotatable bonds is 2. The number of benzene rings is 1. The largest absolute Gasteiger partial charge is 0.478 e. The normalized spacial score (nSPS) is 20.1. The molecule has 4 heteroatoms. The molecule has 0 spiro atoms. The highest BCUT2D eigenvalue weighted by Crippen LogP contribution is 2.36. The van der Waals surface area contributed by atoms with Crippen LogP contribution in [0.1, 0.15) is 50.4 Å². The lowest BCUT2D eigenvalue weighted by Gasteiger charge is -2.30. The van der Waals surface area contributed by atoms with Gasteiger partial charge in [-0.15, -0.1) is 0 Å². The molecule has 1 heterocycles. The van der Waals surface area contributed by atoms with Crippen LogP contribution in [0.25, 0.3) is 0 Å². The van der Waals surface area contributed by atoms with Crippen molar-refractivity contribution in [3.63, 3.8) is 0 Å². The van der Waals surface area contributed by atoms with Gasteiger partial charge in [0.2, 0.25) is 0 Å². The first-order valence-electron chi connectivity index (χ1n) is 7.67. The number of nitrogen functional groups attached to an aromatic ring is 1. The molecule has 3 N–H and O–H groups in total. The van der Waals surface area contributed by atoms with E-state index in [1.165, 1.54) is 6.42 Å². The van der Waals surface area contributed by atoms with Gasteiger partial charge in [0.15, 0.2) is 0 Å². The number of carboxylic acid groups (broad SMARTS) is 1. The van der Waals surface area contributed by atoms with Crippen LogP contribution in [0.4, 0.5) is 11.4 Å². The molecule has 1 aromatic carbocycles. The molecular weight excluding hydrogens is 264 g/mol. The van der Waals surface area contributed by atoms with Crippen molar-refractivity contribution in [2.75, 3.05) is 23.7 Å². The number of nitrogens with zero attached hydrogens (tertiary/aromatic N) is 1. The third-order valence-electron chi connectivity index (χ3n) is 4.57. The molecule has 2 rings (SSSR count). The van der Waals surface area contributed by atoms with E-state index in [0.29, 0.717) is 11.1 Å². The van der Waals surface area contributed by atoms with E-state index in [1.54, 1.807) is 12.1 Å². The molecular formula is C17H26N2O2. The van der Waals surface area contributed by atoms with Gasteiger partial charge in [0, 0.05) is 13.1 Å². The average molecular weight is 290 g/mol. The van der Waals surface area contributed by atoms with Crippen molar-refractivity contribution in [2.45, 2.75) is 40.0 Å². The first-order valence-corrected chi connectivity index (χ1v) is 7.67. The van der Waals surface area contributed by atoms with Crippen LogP contribution in [-0.4, -0.2) is 24.2 Å². The number of nitrogens with two attached hydrogens (primary N) is 1. The molecule has 0 bridgehead atoms. The second-order valence-corrected chi connectivity index (χ2v) is 7.06. The Morgan fingerprint density at radius 2 is 2.00 bits per heavy atom. The van der Waals surface area contributed by atoms with Gasteiger partial charge in [0.25, 0.3) is 0 Å². The summed E-state index contributed by atoms with van der Waals surface area (Å²) in [6.45, 7) is 8.90. The van der Waals surface area contributed by atoms with Crippen LogP contribution in [0, 0.1) is 11.3 Å². The van der Waals surface area contributed by atoms with Crippen LogP contribution in [0.5, 0.6) is 0 Å². The minimum atomic E-state index is -0.933. The van der Waals surface area contributed by atoms with Gasteiger partial charge < -0.3 is 15.7 Å². The Bertz CT molecular complexity index is 520. The van der Waals surface area contributed by atoms with Crippen molar-refractivity contribution in [3.05, 3.63) is 23.8 Å². The monoisotopic (exact) mass is 290 g/mol. The van der Waals surface area contributed by atoms with Crippen LogP contribution in [-0.2, 0) is 0 Å². The van der Waals surface area contributed by atoms with Crippen molar-refractivity contribution in [1.82, 2.24) is 0 Å². The molecule has 1 fully saturated rings. The lowest BCUT2D eigenvalue weighted by Crippen LogP contribution is -2.26. The molecule has 1 saturated heterocycles. The van der Waals surface area contributed by atoms with E-state index in [4.69, 9.17) is 10.8 Å². The second-order valence-electron chi connectivity index (χ2n) is 7.06. The SMILES string of the molecule is CC(C)(C)C1CCCN(c2ccc(C(=O)O)cc2N)CC1. The molecule has 1 aromatic rings. The van der Waals surface area contributed by atoms with Crippen molar-refractivity contribution in [1.29, 1.82) is 0 Å². The number of anilines is 2. The molecule has 116 valence electrons. The Balaban J connectivity index is 2.14. The summed E-state index contributed by atoms with van der Waals surface area (Å²) in [5.74, 6) is -0.209. The van der Waals surface area contributed by atoms with E-state index in [-0.39, 0.29) is 5.56 Å². The van der Waals surface area contributed by atoms with Crippen LogP contribution >= 0.6 is 0 Å². The first-order chi connectivity index (χ1) is 9.79. The molecule has 0 aromatic heterocycles. The summed E-state index contributed by atoms with van der Waals surface area (Å²) in [5, 5.41) is 9.01. The van der Waals surface area contributed by atoms with Crippen LogP contribution in [0.2, 0.25) is 0 Å². The highest BCUT2D eigenvalue weighted by molar-refractivity contribution is 5.90. The maximum absolute atomic E-state index is 11.0. The third-order valence-corrected chi connectivity index (χ3v) is 4.57. The van der Waals surface area contributed by atoms with E-state index in [9.17, 15) is 4.79 Å². The number of hydrogen-bond acceptors (Lipinski definition) is 3. The van der Waals surface area contributed by atoms with Gasteiger partial charge in [-0.2, -0.15) is 0 Å². The number of carboxylic acids is 1. The van der Waals surface area contributed by atoms with Crippen LogP contribution in [0.15, 0.2) is 18.2 Å². The quantitative estimate of drug-likeness (QED) is 0.816. The highest BCUT2D eigenvalue weighted by atomic mass is 16.4. The Kier molecular flexibility index (Phi) is 4.45. The average Bonchev–Trinajstić information content (AvgIpc) is 2.63. The van der Waals surface area contributed by atoms with Gasteiger partial charge in [-0.3, -0.25) is 0 Å². The fraction of sp³-hybridized carbons (Fsp3) is 0.588. The standard InChI is InChI=1S/C17H26N2O2/c1-17(2,3)13-5-4-9-19(10-8-13)15-7-6-12(16(20)21)11-14(15)18/h6-7,11,13H,4-5,8-10,18H2,1-3H3,(H,20,21). The topological polar surface area (TPSA) is 66.6 Å². The molecule has 0 radical (unpaired) electrons. The van der Waals surface area contributed by atoms with Gasteiger partial charge in [-0.05, 0) is 48.8 Å². The summed E-state index contributed by atoms with van der Waals surface area (Å²) >= 11 is 0. The van der Waals surface area contributed by atoms with Crippen molar-refractivity contribution < 1.29 is 9.90 Å². The molecule has 1 aliphatic heterocycles. The van der Waals surface area contributed by atoms with Gasteiger partial charge in [-0.1, -0.05) is 20.8 Å². The molecule has 1 atom stereocenters. The highest BCUT2D eigenvalue weighted by Gasteiger charge is 2.27. The number of hydrogen-bond donors (Lipinski definition) is 2. The summed E-state index contributed by atoms with van der Waals surface area (Å²) in [6.07, 6.45) is 3.55. The summed E-state index contributed by atoms with van der Waals surface area (Å²) in [6, 6.07) is 5.04. The smallest absolute Gasteiger partial charge is 0.335 e. The summed E-state index contributed by atoms with van der Waals surface area (Å²) < 4.78 is 0. The van der Waals surface area contributed by atoms with E-state index >= 15 is 0 Å². The third kappa shape index (κ3) is 3.69.